The average Bonchev–Trinajstić information content (AvgIpc) is 4.29. The maximum absolute atomic E-state index is 14.2. The Hall–Kier alpha value is -7.46. The molecule has 2 heterocycles. The zero-order valence-corrected chi connectivity index (χ0v) is 40.4. The lowest BCUT2D eigenvalue weighted by atomic mass is 9.87. The number of benzene rings is 8. The van der Waals surface area contributed by atoms with Gasteiger partial charge in [-0.25, -0.2) is 0 Å². The lowest BCUT2D eigenvalue weighted by Crippen LogP contribution is -2.22. The van der Waals surface area contributed by atoms with Crippen molar-refractivity contribution in [2.75, 3.05) is 9.80 Å². The third-order valence-electron chi connectivity index (χ3n) is 16.8. The fraction of sp³-hybridized carbons (Fsp3) is 0.250. The smallest absolute Gasteiger partial charge is 0.416 e. The van der Waals surface area contributed by atoms with Crippen LogP contribution in [-0.4, -0.2) is 6.18 Å². The molecular weight excluding hydrogens is 943 g/mol. The summed E-state index contributed by atoms with van der Waals surface area (Å²) in [6.07, 6.45) is 7.86. The van der Waals surface area contributed by atoms with Gasteiger partial charge < -0.3 is 19.0 Å². The molecule has 370 valence electrons. The minimum Gasteiger partial charge on any atom is -0.458 e. The first-order valence-electron chi connectivity index (χ1n) is 26.1. The van der Waals surface area contributed by atoms with Crippen LogP contribution in [0.4, 0.5) is 49.1 Å². The molecule has 0 radical (unpaired) electrons. The predicted octanol–water partition coefficient (Wildman–Crippen LogP) is 19.6. The predicted molar refractivity (Wildman–Crippen MR) is 284 cm³/mol. The van der Waals surface area contributed by atoms with Crippen LogP contribution < -0.4 is 14.5 Å². The minimum absolute atomic E-state index is 0.0710. The molecule has 8 aromatic carbocycles. The molecular formula is C64H50F6N2O2. The molecule has 14 rings (SSSR count). The molecule has 1 aliphatic heterocycles. The summed E-state index contributed by atoms with van der Waals surface area (Å²) in [6.45, 7) is 0. The normalized spacial score (nSPS) is 18.5. The number of halogens is 6. The summed E-state index contributed by atoms with van der Waals surface area (Å²) in [4.78, 5) is 4.15. The zero-order chi connectivity index (χ0) is 50.0. The van der Waals surface area contributed by atoms with Crippen LogP contribution in [0.1, 0.15) is 111 Å². The van der Waals surface area contributed by atoms with Crippen molar-refractivity contribution in [2.45, 2.75) is 101 Å². The number of anilines is 4. The number of hydrogen-bond donors (Lipinski definition) is 0. The second-order valence-corrected chi connectivity index (χ2v) is 20.9. The van der Waals surface area contributed by atoms with Gasteiger partial charge >= 0.3 is 12.4 Å². The molecule has 0 amide bonds. The van der Waals surface area contributed by atoms with Crippen LogP contribution in [0.5, 0.6) is 5.75 Å². The largest absolute Gasteiger partial charge is 0.458 e. The SMILES string of the molecule is FC(F)(F)C1=CC=C(N(c2ccc3ccc4c(N(C5=C6Oc7c(C8CCCC8)cccc7C6CC=C5)c5ccc(C(F)(F)F)cc5)ccc5ccc2c3c54)c2cccc3c2oc2c(C4CCCC4)cccc23)CC1. The summed E-state index contributed by atoms with van der Waals surface area (Å²) < 4.78 is 99.4. The van der Waals surface area contributed by atoms with Crippen LogP contribution >= 0.6 is 0 Å². The Morgan fingerprint density at radius 2 is 1.09 bits per heavy atom. The maximum Gasteiger partial charge on any atom is 0.416 e. The first-order valence-corrected chi connectivity index (χ1v) is 26.1. The molecule has 0 saturated heterocycles. The highest BCUT2D eigenvalue weighted by molar-refractivity contribution is 6.28. The van der Waals surface area contributed by atoms with Gasteiger partial charge in [-0.15, -0.1) is 0 Å². The molecule has 4 nitrogen and oxygen atoms in total. The number of rotatable bonds is 8. The van der Waals surface area contributed by atoms with E-state index in [1.54, 1.807) is 18.2 Å². The molecule has 10 heteroatoms. The topological polar surface area (TPSA) is 28.9 Å². The van der Waals surface area contributed by atoms with Gasteiger partial charge in [0.05, 0.1) is 34.2 Å². The number of nitrogens with zero attached hydrogens (tertiary/aromatic N) is 2. The van der Waals surface area contributed by atoms with Crippen molar-refractivity contribution in [3.8, 4) is 5.75 Å². The van der Waals surface area contributed by atoms with Crippen LogP contribution in [0.15, 0.2) is 179 Å². The Kier molecular flexibility index (Phi) is 10.4. The first-order chi connectivity index (χ1) is 36.0. The van der Waals surface area contributed by atoms with E-state index >= 15 is 0 Å². The summed E-state index contributed by atoms with van der Waals surface area (Å²) in [5.74, 6) is 2.42. The van der Waals surface area contributed by atoms with Gasteiger partial charge in [0.2, 0.25) is 0 Å². The zero-order valence-electron chi connectivity index (χ0n) is 40.4. The summed E-state index contributed by atoms with van der Waals surface area (Å²) in [6, 6.07) is 40.9. The summed E-state index contributed by atoms with van der Waals surface area (Å²) >= 11 is 0. The van der Waals surface area contributed by atoms with Gasteiger partial charge in [0.15, 0.2) is 5.58 Å². The van der Waals surface area contributed by atoms with Crippen LogP contribution in [0.2, 0.25) is 0 Å². The number of fused-ring (bicyclic) bond motifs is 6. The molecule has 2 saturated carbocycles. The summed E-state index contributed by atoms with van der Waals surface area (Å²) in [5.41, 5.74) is 8.06. The average molecular weight is 993 g/mol. The van der Waals surface area contributed by atoms with Gasteiger partial charge in [-0.1, -0.05) is 123 Å². The van der Waals surface area contributed by atoms with Gasteiger partial charge in [0, 0.05) is 44.1 Å². The van der Waals surface area contributed by atoms with E-state index in [-0.39, 0.29) is 18.8 Å². The number of ether oxygens (including phenoxy) is 1. The molecule has 1 atom stereocenters. The monoisotopic (exact) mass is 992 g/mol. The van der Waals surface area contributed by atoms with E-state index in [4.69, 9.17) is 9.15 Å². The van der Waals surface area contributed by atoms with Gasteiger partial charge in [-0.05, 0) is 144 Å². The molecule has 9 aromatic rings. The van der Waals surface area contributed by atoms with Crippen molar-refractivity contribution in [3.05, 3.63) is 197 Å². The van der Waals surface area contributed by atoms with Crippen molar-refractivity contribution in [1.29, 1.82) is 0 Å². The molecule has 1 unspecified atom stereocenters. The van der Waals surface area contributed by atoms with E-state index in [1.165, 1.54) is 42.9 Å². The number of allylic oxidation sites excluding steroid dienone is 7. The van der Waals surface area contributed by atoms with Crippen molar-refractivity contribution < 1.29 is 35.5 Å². The standard InChI is InChI=1S/C64H50F6N2O2/c65-63(66,67)41-25-29-43(30-26-41)71(55-19-7-17-49-47-15-5-13-45(37-9-1-2-10-37)59(47)73-61(49)55)53-35-23-39-22-34-52-54(36-24-40-21-33-51(53)57(39)58(40)52)72(44-31-27-42(28-32-44)64(68,69)70)56-20-8-18-50-48-16-6-14-46(38-11-3-4-12-38)60(48)74-62(50)56/h5-8,13-17,19-25,27-29,31-38,50H,1-4,9-12,18,26,30H2. The van der Waals surface area contributed by atoms with Crippen molar-refractivity contribution in [1.82, 2.24) is 0 Å². The lowest BCUT2D eigenvalue weighted by Gasteiger charge is -2.32. The van der Waals surface area contributed by atoms with E-state index in [2.05, 4.69) is 101 Å². The fourth-order valence-electron chi connectivity index (χ4n) is 13.3. The van der Waals surface area contributed by atoms with Gasteiger partial charge in [-0.2, -0.15) is 26.3 Å². The number of hydrogen-bond acceptors (Lipinski definition) is 4. The maximum atomic E-state index is 14.2. The quantitative estimate of drug-likeness (QED) is 0.112. The summed E-state index contributed by atoms with van der Waals surface area (Å²) in [7, 11) is 0. The van der Waals surface area contributed by atoms with E-state index in [0.29, 0.717) is 28.8 Å². The number of alkyl halides is 6. The highest BCUT2D eigenvalue weighted by atomic mass is 19.4. The van der Waals surface area contributed by atoms with Crippen LogP contribution in [0, 0.1) is 0 Å². The van der Waals surface area contributed by atoms with E-state index in [9.17, 15) is 26.3 Å². The van der Waals surface area contributed by atoms with Crippen molar-refractivity contribution in [2.24, 2.45) is 0 Å². The molecule has 74 heavy (non-hydrogen) atoms. The van der Waals surface area contributed by atoms with E-state index in [0.717, 1.165) is 133 Å². The highest BCUT2D eigenvalue weighted by Gasteiger charge is 2.40. The second-order valence-electron chi connectivity index (χ2n) is 20.9. The fourth-order valence-corrected chi connectivity index (χ4v) is 13.3. The van der Waals surface area contributed by atoms with Crippen molar-refractivity contribution >= 4 is 77.0 Å². The summed E-state index contributed by atoms with van der Waals surface area (Å²) in [5, 5.41) is 7.56. The van der Waals surface area contributed by atoms with Crippen LogP contribution in [0.25, 0.3) is 54.3 Å². The Balaban J connectivity index is 0.979. The van der Waals surface area contributed by atoms with E-state index < -0.39 is 23.5 Å². The number of para-hydroxylation sites is 3. The Bertz CT molecular complexity index is 3860. The van der Waals surface area contributed by atoms with Gasteiger partial charge in [-0.3, -0.25) is 0 Å². The first kappa shape index (κ1) is 45.2. The minimum atomic E-state index is -4.52. The second kappa shape index (κ2) is 17.0. The molecule has 1 aromatic heterocycles. The Morgan fingerprint density at radius 1 is 0.500 bits per heavy atom. The van der Waals surface area contributed by atoms with Gasteiger partial charge in [0.25, 0.3) is 0 Å². The molecule has 0 spiro atoms. The lowest BCUT2D eigenvalue weighted by molar-refractivity contribution is -0.137. The molecule has 4 aliphatic carbocycles. The van der Waals surface area contributed by atoms with Crippen molar-refractivity contribution in [3.63, 3.8) is 0 Å². The molecule has 0 bridgehead atoms. The highest BCUT2D eigenvalue weighted by Crippen LogP contribution is 2.55. The third-order valence-corrected chi connectivity index (χ3v) is 16.8. The van der Waals surface area contributed by atoms with Crippen LogP contribution in [-0.2, 0) is 6.18 Å². The number of furan rings is 1. The molecule has 0 N–H and O–H groups in total. The molecule has 5 aliphatic rings. The van der Waals surface area contributed by atoms with E-state index in [1.807, 2.05) is 24.3 Å². The van der Waals surface area contributed by atoms with Crippen LogP contribution in [0.3, 0.4) is 0 Å². The Labute approximate surface area is 423 Å². The molecule has 2 fully saturated rings. The third kappa shape index (κ3) is 7.18. The Morgan fingerprint density at radius 3 is 1.74 bits per heavy atom. The van der Waals surface area contributed by atoms with Gasteiger partial charge in [0.1, 0.15) is 17.1 Å².